The summed E-state index contributed by atoms with van der Waals surface area (Å²) in [5.41, 5.74) is 0.980. The first kappa shape index (κ1) is 19.1. The standard InChI is InChI=1S/C19H24O6/c1-12(2)18(21)25-17-13(3)24-16(20)9-10-23-19(22)15(17)11-14-7-5-4-6-8-14/h4-8,11-13,17-18,21H,9-10H2,1-3H3/b15-11+/t13-,17+,18?/m0/s1. The summed E-state index contributed by atoms with van der Waals surface area (Å²) in [6.07, 6.45) is -1.18. The lowest BCUT2D eigenvalue weighted by Crippen LogP contribution is -2.39. The topological polar surface area (TPSA) is 82.1 Å². The number of aliphatic hydroxyl groups is 1. The number of cyclic esters (lactones) is 2. The maximum absolute atomic E-state index is 12.5. The Bertz CT molecular complexity index is 622. The van der Waals surface area contributed by atoms with Crippen LogP contribution in [0.2, 0.25) is 0 Å². The number of aliphatic hydroxyl groups excluding tert-OH is 1. The van der Waals surface area contributed by atoms with E-state index in [1.807, 2.05) is 30.3 Å². The van der Waals surface area contributed by atoms with Crippen molar-refractivity contribution in [2.24, 2.45) is 5.92 Å². The molecule has 3 atom stereocenters. The second kappa shape index (κ2) is 8.78. The highest BCUT2D eigenvalue weighted by atomic mass is 16.6. The quantitative estimate of drug-likeness (QED) is 0.511. The molecule has 6 heteroatoms. The van der Waals surface area contributed by atoms with E-state index in [-0.39, 0.29) is 24.5 Å². The van der Waals surface area contributed by atoms with Crippen molar-refractivity contribution >= 4 is 18.0 Å². The van der Waals surface area contributed by atoms with Gasteiger partial charge in [0.15, 0.2) is 6.29 Å². The number of hydrogen-bond acceptors (Lipinski definition) is 6. The summed E-state index contributed by atoms with van der Waals surface area (Å²) in [5.74, 6) is -1.26. The maximum Gasteiger partial charge on any atom is 0.336 e. The lowest BCUT2D eigenvalue weighted by Gasteiger charge is -2.28. The van der Waals surface area contributed by atoms with Crippen LogP contribution in [0.4, 0.5) is 0 Å². The highest BCUT2D eigenvalue weighted by molar-refractivity contribution is 5.95. The lowest BCUT2D eigenvalue weighted by atomic mass is 10.0. The van der Waals surface area contributed by atoms with Crippen molar-refractivity contribution in [3.05, 3.63) is 41.5 Å². The molecule has 0 amide bonds. The van der Waals surface area contributed by atoms with Crippen molar-refractivity contribution in [1.29, 1.82) is 0 Å². The number of carbonyl (C=O) groups excluding carboxylic acids is 2. The van der Waals surface area contributed by atoms with Crippen molar-refractivity contribution < 1.29 is 28.9 Å². The summed E-state index contributed by atoms with van der Waals surface area (Å²) in [4.78, 5) is 24.3. The predicted molar refractivity (Wildman–Crippen MR) is 91.3 cm³/mol. The summed E-state index contributed by atoms with van der Waals surface area (Å²) in [5, 5.41) is 10.1. The second-order valence-electron chi connectivity index (χ2n) is 6.28. The van der Waals surface area contributed by atoms with Gasteiger partial charge >= 0.3 is 11.9 Å². The molecular formula is C19H24O6. The number of carbonyl (C=O) groups is 2. The van der Waals surface area contributed by atoms with E-state index in [2.05, 4.69) is 0 Å². The zero-order chi connectivity index (χ0) is 18.4. The molecule has 136 valence electrons. The molecular weight excluding hydrogens is 324 g/mol. The average molecular weight is 348 g/mol. The zero-order valence-electron chi connectivity index (χ0n) is 14.7. The Kier molecular flexibility index (Phi) is 6.73. The first-order chi connectivity index (χ1) is 11.9. The smallest absolute Gasteiger partial charge is 0.336 e. The fourth-order valence-corrected chi connectivity index (χ4v) is 2.37. The third-order valence-corrected chi connectivity index (χ3v) is 3.80. The van der Waals surface area contributed by atoms with Gasteiger partial charge in [-0.1, -0.05) is 44.2 Å². The molecule has 0 aromatic heterocycles. The highest BCUT2D eigenvalue weighted by Gasteiger charge is 2.34. The highest BCUT2D eigenvalue weighted by Crippen LogP contribution is 2.23. The Morgan fingerprint density at radius 2 is 1.92 bits per heavy atom. The van der Waals surface area contributed by atoms with Gasteiger partial charge in [0.25, 0.3) is 0 Å². The number of hydrogen-bond donors (Lipinski definition) is 1. The lowest BCUT2D eigenvalue weighted by molar-refractivity contribution is -0.185. The van der Waals surface area contributed by atoms with E-state index in [0.29, 0.717) is 0 Å². The van der Waals surface area contributed by atoms with Crippen LogP contribution in [0.3, 0.4) is 0 Å². The van der Waals surface area contributed by atoms with E-state index in [4.69, 9.17) is 14.2 Å². The first-order valence-corrected chi connectivity index (χ1v) is 8.35. The van der Waals surface area contributed by atoms with Gasteiger partial charge < -0.3 is 19.3 Å². The summed E-state index contributed by atoms with van der Waals surface area (Å²) in [6, 6.07) is 9.22. The second-order valence-corrected chi connectivity index (χ2v) is 6.28. The summed E-state index contributed by atoms with van der Waals surface area (Å²) in [6.45, 7) is 5.15. The predicted octanol–water partition coefficient (Wildman–Crippen LogP) is 2.31. The van der Waals surface area contributed by atoms with Crippen molar-refractivity contribution in [2.75, 3.05) is 6.61 Å². The van der Waals surface area contributed by atoms with E-state index in [0.717, 1.165) is 5.56 Å². The first-order valence-electron chi connectivity index (χ1n) is 8.35. The van der Waals surface area contributed by atoms with E-state index >= 15 is 0 Å². The van der Waals surface area contributed by atoms with Gasteiger partial charge in [-0.2, -0.15) is 0 Å². The average Bonchev–Trinajstić information content (AvgIpc) is 2.61. The Hall–Kier alpha value is -2.18. The minimum absolute atomic E-state index is 0.0197. The molecule has 1 N–H and O–H groups in total. The molecule has 2 rings (SSSR count). The summed E-state index contributed by atoms with van der Waals surface area (Å²) in [7, 11) is 0. The van der Waals surface area contributed by atoms with Crippen LogP contribution in [0.25, 0.3) is 6.08 Å². The number of rotatable bonds is 4. The van der Waals surface area contributed by atoms with Crippen molar-refractivity contribution in [2.45, 2.75) is 45.7 Å². The normalized spacial score (nSPS) is 24.9. The Balaban J connectivity index is 2.42. The van der Waals surface area contributed by atoms with Crippen molar-refractivity contribution in [3.8, 4) is 0 Å². The molecule has 0 spiro atoms. The molecule has 0 radical (unpaired) electrons. The van der Waals surface area contributed by atoms with E-state index in [1.165, 1.54) is 0 Å². The van der Waals surface area contributed by atoms with Gasteiger partial charge in [-0.3, -0.25) is 4.79 Å². The Morgan fingerprint density at radius 1 is 1.24 bits per heavy atom. The Morgan fingerprint density at radius 3 is 2.56 bits per heavy atom. The molecule has 0 saturated carbocycles. The van der Waals surface area contributed by atoms with E-state index < -0.39 is 30.4 Å². The van der Waals surface area contributed by atoms with Crippen LogP contribution in [0, 0.1) is 5.92 Å². The molecule has 1 aromatic carbocycles. The third kappa shape index (κ3) is 5.41. The van der Waals surface area contributed by atoms with Crippen LogP contribution in [0.1, 0.15) is 32.8 Å². The minimum Gasteiger partial charge on any atom is -0.462 e. The van der Waals surface area contributed by atoms with Crippen LogP contribution < -0.4 is 0 Å². The molecule has 25 heavy (non-hydrogen) atoms. The van der Waals surface area contributed by atoms with Gasteiger partial charge in [-0.05, 0) is 18.6 Å². The van der Waals surface area contributed by atoms with Gasteiger partial charge in [0, 0.05) is 5.92 Å². The molecule has 1 aliphatic heterocycles. The molecule has 1 aliphatic rings. The van der Waals surface area contributed by atoms with E-state index in [1.54, 1.807) is 26.8 Å². The van der Waals surface area contributed by atoms with Gasteiger partial charge in [0.2, 0.25) is 0 Å². The molecule has 1 aromatic rings. The molecule has 1 saturated heterocycles. The van der Waals surface area contributed by atoms with Crippen molar-refractivity contribution in [1.82, 2.24) is 0 Å². The molecule has 1 heterocycles. The monoisotopic (exact) mass is 348 g/mol. The number of esters is 2. The SMILES string of the molecule is CC(C)C(O)O[C@H]1/C(=C\c2ccccc2)C(=O)OCCC(=O)O[C@H]1C. The van der Waals surface area contributed by atoms with Gasteiger partial charge in [0.05, 0.1) is 12.0 Å². The minimum atomic E-state index is -1.11. The molecule has 1 fully saturated rings. The molecule has 0 aliphatic carbocycles. The van der Waals surface area contributed by atoms with Gasteiger partial charge in [-0.25, -0.2) is 4.79 Å². The Labute approximate surface area is 147 Å². The largest absolute Gasteiger partial charge is 0.462 e. The molecule has 1 unspecified atom stereocenters. The number of benzene rings is 1. The summed E-state index contributed by atoms with van der Waals surface area (Å²) < 4.78 is 16.2. The maximum atomic E-state index is 12.5. The van der Waals surface area contributed by atoms with Crippen LogP contribution >= 0.6 is 0 Å². The van der Waals surface area contributed by atoms with Crippen LogP contribution in [-0.4, -0.2) is 42.1 Å². The van der Waals surface area contributed by atoms with Crippen LogP contribution in [0.15, 0.2) is 35.9 Å². The summed E-state index contributed by atoms with van der Waals surface area (Å²) >= 11 is 0. The molecule has 0 bridgehead atoms. The van der Waals surface area contributed by atoms with Gasteiger partial charge in [0.1, 0.15) is 18.8 Å². The van der Waals surface area contributed by atoms with Gasteiger partial charge in [-0.15, -0.1) is 0 Å². The third-order valence-electron chi connectivity index (χ3n) is 3.80. The van der Waals surface area contributed by atoms with Crippen LogP contribution in [-0.2, 0) is 23.8 Å². The fraction of sp³-hybridized carbons (Fsp3) is 0.474. The fourth-order valence-electron chi connectivity index (χ4n) is 2.37. The van der Waals surface area contributed by atoms with E-state index in [9.17, 15) is 14.7 Å². The number of ether oxygens (including phenoxy) is 3. The zero-order valence-corrected chi connectivity index (χ0v) is 14.7. The molecule has 6 nitrogen and oxygen atoms in total. The van der Waals surface area contributed by atoms with Crippen LogP contribution in [0.5, 0.6) is 0 Å². The van der Waals surface area contributed by atoms with Crippen molar-refractivity contribution in [3.63, 3.8) is 0 Å².